The van der Waals surface area contributed by atoms with Gasteiger partial charge in [-0.3, -0.25) is 4.90 Å². The van der Waals surface area contributed by atoms with Gasteiger partial charge in [-0.2, -0.15) is 0 Å². The molecule has 0 aromatic carbocycles. The normalized spacial score (nSPS) is 18.4. The Hall–Kier alpha value is -2.51. The van der Waals surface area contributed by atoms with Gasteiger partial charge in [0.1, 0.15) is 11.8 Å². The van der Waals surface area contributed by atoms with E-state index >= 15 is 0 Å². The fourth-order valence-electron chi connectivity index (χ4n) is 2.31. The number of amides is 2. The molecule has 1 atom stereocenters. The van der Waals surface area contributed by atoms with Crippen LogP contribution in [0.15, 0.2) is 23.6 Å². The molecule has 0 saturated heterocycles. The maximum atomic E-state index is 12.3. The van der Waals surface area contributed by atoms with E-state index in [0.29, 0.717) is 0 Å². The van der Waals surface area contributed by atoms with Crippen LogP contribution in [0, 0.1) is 5.92 Å². The minimum Gasteiger partial charge on any atom is -0.496 e. The molecule has 1 unspecified atom stereocenters. The number of esters is 1. The zero-order valence-corrected chi connectivity index (χ0v) is 13.1. The van der Waals surface area contributed by atoms with E-state index in [9.17, 15) is 19.5 Å². The highest BCUT2D eigenvalue weighted by Gasteiger charge is 2.39. The van der Waals surface area contributed by atoms with Crippen LogP contribution in [-0.2, 0) is 19.1 Å². The second-order valence-corrected chi connectivity index (χ2v) is 5.31. The van der Waals surface area contributed by atoms with Crippen molar-refractivity contribution in [3.63, 3.8) is 0 Å². The number of carboxylic acid groups (broad SMARTS) is 1. The zero-order valence-electron chi connectivity index (χ0n) is 13.1. The lowest BCUT2D eigenvalue weighted by molar-refractivity contribution is -0.146. The molecule has 2 aliphatic rings. The third-order valence-corrected chi connectivity index (χ3v) is 3.68. The van der Waals surface area contributed by atoms with Crippen LogP contribution in [0.4, 0.5) is 4.79 Å². The number of nitrogens with one attached hydrogen (secondary N) is 1. The fourth-order valence-corrected chi connectivity index (χ4v) is 2.31. The van der Waals surface area contributed by atoms with Crippen molar-refractivity contribution >= 4 is 18.0 Å². The molecule has 1 heterocycles. The minimum atomic E-state index is -1.16. The van der Waals surface area contributed by atoms with Crippen molar-refractivity contribution in [1.29, 1.82) is 0 Å². The summed E-state index contributed by atoms with van der Waals surface area (Å²) in [4.78, 5) is 36.6. The Morgan fingerprint density at radius 2 is 2.13 bits per heavy atom. The molecule has 2 N–H and O–H groups in total. The Kier molecular flexibility index (Phi) is 5.25. The molecule has 0 radical (unpaired) electrons. The average molecular weight is 324 g/mol. The summed E-state index contributed by atoms with van der Waals surface area (Å²) in [5, 5.41) is 11.8. The van der Waals surface area contributed by atoms with Crippen LogP contribution >= 0.6 is 0 Å². The molecule has 8 nitrogen and oxygen atoms in total. The standard InChI is InChI=1S/C15H20N2O6/c1-3-23-14(20)12(9-4-5-9)16-15(21)17-7-6-11(22-2)10(8-17)13(18)19/h6-7,9,12H,3-5,8H2,1-2H3,(H,16,21)(H,18,19). The molecule has 23 heavy (non-hydrogen) atoms. The van der Waals surface area contributed by atoms with Gasteiger partial charge in [-0.15, -0.1) is 0 Å². The smallest absolute Gasteiger partial charge is 0.337 e. The van der Waals surface area contributed by atoms with Gasteiger partial charge in [-0.05, 0) is 31.8 Å². The van der Waals surface area contributed by atoms with Crippen LogP contribution in [0.1, 0.15) is 19.8 Å². The summed E-state index contributed by atoms with van der Waals surface area (Å²) in [7, 11) is 1.36. The number of aliphatic carboxylic acids is 1. The zero-order chi connectivity index (χ0) is 17.0. The molecule has 1 aliphatic carbocycles. The molecular formula is C15H20N2O6. The summed E-state index contributed by atoms with van der Waals surface area (Å²) in [6.07, 6.45) is 4.54. The van der Waals surface area contributed by atoms with Gasteiger partial charge in [0, 0.05) is 6.20 Å². The SMILES string of the molecule is CCOC(=O)C(NC(=O)N1C=CC(OC)=C(C(=O)O)C1)C1CC1. The van der Waals surface area contributed by atoms with Crippen LogP contribution < -0.4 is 5.32 Å². The van der Waals surface area contributed by atoms with E-state index < -0.39 is 24.0 Å². The van der Waals surface area contributed by atoms with Gasteiger partial charge in [0.05, 0.1) is 25.8 Å². The highest BCUT2D eigenvalue weighted by Crippen LogP contribution is 2.33. The molecule has 8 heteroatoms. The number of nitrogens with zero attached hydrogens (tertiary/aromatic N) is 1. The number of urea groups is 1. The Morgan fingerprint density at radius 1 is 1.43 bits per heavy atom. The lowest BCUT2D eigenvalue weighted by Crippen LogP contribution is -2.49. The van der Waals surface area contributed by atoms with Crippen molar-refractivity contribution in [2.75, 3.05) is 20.3 Å². The Labute approximate surface area is 133 Å². The Morgan fingerprint density at radius 3 is 2.65 bits per heavy atom. The van der Waals surface area contributed by atoms with Crippen LogP contribution in [0.2, 0.25) is 0 Å². The maximum absolute atomic E-state index is 12.3. The van der Waals surface area contributed by atoms with Gasteiger partial charge in [-0.1, -0.05) is 0 Å². The van der Waals surface area contributed by atoms with Crippen molar-refractivity contribution in [2.45, 2.75) is 25.8 Å². The average Bonchev–Trinajstić information content (AvgIpc) is 3.36. The van der Waals surface area contributed by atoms with Crippen molar-refractivity contribution in [3.8, 4) is 0 Å². The number of rotatable bonds is 6. The first-order valence-corrected chi connectivity index (χ1v) is 7.40. The van der Waals surface area contributed by atoms with Crippen LogP contribution in [0.25, 0.3) is 0 Å². The predicted molar refractivity (Wildman–Crippen MR) is 79.2 cm³/mol. The summed E-state index contributed by atoms with van der Waals surface area (Å²) in [5.74, 6) is -1.34. The lowest BCUT2D eigenvalue weighted by Gasteiger charge is -2.26. The van der Waals surface area contributed by atoms with E-state index in [4.69, 9.17) is 9.47 Å². The number of carboxylic acids is 1. The van der Waals surface area contributed by atoms with Gasteiger partial charge < -0.3 is 19.9 Å². The minimum absolute atomic E-state index is 0.0238. The van der Waals surface area contributed by atoms with Crippen LogP contribution in [0.3, 0.4) is 0 Å². The van der Waals surface area contributed by atoms with Crippen molar-refractivity contribution in [1.82, 2.24) is 10.2 Å². The first-order valence-electron chi connectivity index (χ1n) is 7.40. The van der Waals surface area contributed by atoms with E-state index in [1.165, 1.54) is 24.3 Å². The molecule has 2 rings (SSSR count). The molecule has 0 spiro atoms. The summed E-state index contributed by atoms with van der Waals surface area (Å²) in [6.45, 7) is 1.80. The first-order chi connectivity index (χ1) is 11.0. The lowest BCUT2D eigenvalue weighted by atomic mass is 10.1. The molecule has 0 bridgehead atoms. The highest BCUT2D eigenvalue weighted by molar-refractivity contribution is 5.91. The summed E-state index contributed by atoms with van der Waals surface area (Å²) >= 11 is 0. The van der Waals surface area contributed by atoms with Crippen molar-refractivity contribution < 1.29 is 29.0 Å². The topological polar surface area (TPSA) is 105 Å². The van der Waals surface area contributed by atoms with E-state index in [1.807, 2.05) is 0 Å². The highest BCUT2D eigenvalue weighted by atomic mass is 16.5. The summed E-state index contributed by atoms with van der Waals surface area (Å²) in [6, 6.07) is -1.24. The predicted octanol–water partition coefficient (Wildman–Crippen LogP) is 0.852. The number of allylic oxidation sites excluding steroid dienone is 1. The molecule has 126 valence electrons. The molecule has 1 fully saturated rings. The van der Waals surface area contributed by atoms with Crippen molar-refractivity contribution in [2.24, 2.45) is 5.92 Å². The molecular weight excluding hydrogens is 304 g/mol. The van der Waals surface area contributed by atoms with E-state index in [1.54, 1.807) is 6.92 Å². The van der Waals surface area contributed by atoms with Gasteiger partial charge >= 0.3 is 18.0 Å². The molecule has 1 aliphatic heterocycles. The van der Waals surface area contributed by atoms with Gasteiger partial charge in [0.2, 0.25) is 0 Å². The number of hydrogen-bond donors (Lipinski definition) is 2. The Balaban J connectivity index is 2.03. The number of methoxy groups -OCH3 is 1. The monoisotopic (exact) mass is 324 g/mol. The van der Waals surface area contributed by atoms with E-state index in [-0.39, 0.29) is 30.4 Å². The maximum Gasteiger partial charge on any atom is 0.337 e. The van der Waals surface area contributed by atoms with Crippen LogP contribution in [-0.4, -0.2) is 54.3 Å². The molecule has 0 aromatic rings. The molecule has 1 saturated carbocycles. The van der Waals surface area contributed by atoms with Crippen molar-refractivity contribution in [3.05, 3.63) is 23.6 Å². The third kappa shape index (κ3) is 4.02. The number of ether oxygens (including phenoxy) is 2. The van der Waals surface area contributed by atoms with E-state index in [2.05, 4.69) is 5.32 Å². The second-order valence-electron chi connectivity index (χ2n) is 5.31. The van der Waals surface area contributed by atoms with Gasteiger partial charge in [0.15, 0.2) is 0 Å². The number of carbonyl (C=O) groups excluding carboxylic acids is 2. The fraction of sp³-hybridized carbons (Fsp3) is 0.533. The summed E-state index contributed by atoms with van der Waals surface area (Å²) in [5.41, 5.74) is -0.0238. The number of hydrogen-bond acceptors (Lipinski definition) is 5. The molecule has 0 aromatic heterocycles. The quantitative estimate of drug-likeness (QED) is 0.702. The second kappa shape index (κ2) is 7.17. The molecule has 2 amide bonds. The van der Waals surface area contributed by atoms with Crippen LogP contribution in [0.5, 0.6) is 0 Å². The van der Waals surface area contributed by atoms with Gasteiger partial charge in [0.25, 0.3) is 0 Å². The summed E-state index contributed by atoms with van der Waals surface area (Å²) < 4.78 is 9.95. The first kappa shape index (κ1) is 16.9. The third-order valence-electron chi connectivity index (χ3n) is 3.68. The largest absolute Gasteiger partial charge is 0.496 e. The van der Waals surface area contributed by atoms with Gasteiger partial charge in [-0.25, -0.2) is 14.4 Å². The Bertz CT molecular complexity index is 564. The van der Waals surface area contributed by atoms with E-state index in [0.717, 1.165) is 12.8 Å². The number of carbonyl (C=O) groups is 3.